The molecule has 1 aromatic carbocycles. The van der Waals surface area contributed by atoms with Gasteiger partial charge in [0.15, 0.2) is 0 Å². The van der Waals surface area contributed by atoms with Gasteiger partial charge in [0.05, 0.1) is 0 Å². The van der Waals surface area contributed by atoms with Crippen molar-refractivity contribution >= 4 is 11.9 Å². The molecule has 5 nitrogen and oxygen atoms in total. The van der Waals surface area contributed by atoms with Crippen molar-refractivity contribution in [3.05, 3.63) is 42.0 Å². The summed E-state index contributed by atoms with van der Waals surface area (Å²) in [4.78, 5) is 24.0. The molecule has 0 spiro atoms. The van der Waals surface area contributed by atoms with Gasteiger partial charge in [-0.2, -0.15) is 0 Å². The molecule has 130 valence electrons. The van der Waals surface area contributed by atoms with Crippen molar-refractivity contribution in [1.82, 2.24) is 4.90 Å². The van der Waals surface area contributed by atoms with E-state index < -0.39 is 5.97 Å². The minimum atomic E-state index is -1.11. The highest BCUT2D eigenvalue weighted by atomic mass is 16.5. The summed E-state index contributed by atoms with van der Waals surface area (Å²) >= 11 is 0. The molecular weight excluding hydrogens is 306 g/mol. The van der Waals surface area contributed by atoms with Gasteiger partial charge >= 0.3 is 5.97 Å². The monoisotopic (exact) mass is 331 g/mol. The maximum absolute atomic E-state index is 11.9. The smallest absolute Gasteiger partial charge is 0.328 e. The van der Waals surface area contributed by atoms with E-state index in [4.69, 9.17) is 9.84 Å². The molecule has 0 aliphatic carbocycles. The Labute approximate surface area is 142 Å². The Balaban J connectivity index is 1.95. The van der Waals surface area contributed by atoms with Gasteiger partial charge in [0, 0.05) is 38.1 Å². The highest BCUT2D eigenvalue weighted by molar-refractivity contribution is 5.93. The number of carbonyl (C=O) groups excluding carboxylic acids is 1. The Morgan fingerprint density at radius 3 is 2.38 bits per heavy atom. The summed E-state index contributed by atoms with van der Waals surface area (Å²) in [5, 5.41) is 8.58. The number of hydrogen-bond acceptors (Lipinski definition) is 3. The molecule has 2 rings (SSSR count). The third-order valence-corrected chi connectivity index (χ3v) is 4.11. The first kappa shape index (κ1) is 18.0. The Kier molecular flexibility index (Phi) is 5.65. The molecular formula is C19H25NO4. The molecule has 1 aliphatic heterocycles. The molecule has 0 atom stereocenters. The van der Waals surface area contributed by atoms with Crippen molar-refractivity contribution < 1.29 is 19.4 Å². The van der Waals surface area contributed by atoms with Crippen molar-refractivity contribution in [2.24, 2.45) is 0 Å². The Hall–Kier alpha value is -2.30. The van der Waals surface area contributed by atoms with E-state index >= 15 is 0 Å². The van der Waals surface area contributed by atoms with Crippen molar-refractivity contribution in [1.29, 1.82) is 0 Å². The number of carboxylic acids is 1. The molecule has 0 saturated carbocycles. The van der Waals surface area contributed by atoms with Crippen LogP contribution in [-0.2, 0) is 15.0 Å². The molecule has 0 radical (unpaired) electrons. The number of para-hydroxylation sites is 1. The lowest BCUT2D eigenvalue weighted by molar-refractivity contribution is -0.132. The lowest BCUT2D eigenvalue weighted by Gasteiger charge is -2.33. The van der Waals surface area contributed by atoms with Gasteiger partial charge in [-0.15, -0.1) is 0 Å². The first-order valence-electron chi connectivity index (χ1n) is 8.23. The molecule has 1 fully saturated rings. The number of aliphatic carboxylic acids is 1. The first-order chi connectivity index (χ1) is 11.3. The van der Waals surface area contributed by atoms with Crippen LogP contribution in [0.15, 0.2) is 36.4 Å². The largest absolute Gasteiger partial charge is 0.490 e. The van der Waals surface area contributed by atoms with Crippen LogP contribution in [0.3, 0.4) is 0 Å². The second-order valence-corrected chi connectivity index (χ2v) is 7.06. The van der Waals surface area contributed by atoms with Gasteiger partial charge in [-0.25, -0.2) is 4.79 Å². The molecule has 0 bridgehead atoms. The summed E-state index contributed by atoms with van der Waals surface area (Å²) in [5.41, 5.74) is 1.18. The highest BCUT2D eigenvalue weighted by Crippen LogP contribution is 2.32. The summed E-state index contributed by atoms with van der Waals surface area (Å²) in [6.45, 7) is 7.62. The minimum Gasteiger partial charge on any atom is -0.490 e. The molecule has 5 heteroatoms. The normalized spacial score (nSPS) is 16.4. The van der Waals surface area contributed by atoms with Crippen molar-refractivity contribution in [2.75, 3.05) is 13.1 Å². The second-order valence-electron chi connectivity index (χ2n) is 7.06. The predicted molar refractivity (Wildman–Crippen MR) is 92.1 cm³/mol. The SMILES string of the molecule is CC(C)(C)c1ccccc1OC1CCN(C(=O)C=CC(=O)O)CC1. The zero-order valence-corrected chi connectivity index (χ0v) is 14.5. The summed E-state index contributed by atoms with van der Waals surface area (Å²) in [6.07, 6.45) is 3.54. The highest BCUT2D eigenvalue weighted by Gasteiger charge is 2.25. The van der Waals surface area contributed by atoms with E-state index in [2.05, 4.69) is 26.8 Å². The van der Waals surface area contributed by atoms with Gasteiger partial charge in [0.1, 0.15) is 11.9 Å². The van der Waals surface area contributed by atoms with Gasteiger partial charge in [-0.3, -0.25) is 4.79 Å². The van der Waals surface area contributed by atoms with E-state index in [-0.39, 0.29) is 17.4 Å². The average Bonchev–Trinajstić information content (AvgIpc) is 2.53. The maximum Gasteiger partial charge on any atom is 0.328 e. The Morgan fingerprint density at radius 2 is 1.79 bits per heavy atom. The third-order valence-electron chi connectivity index (χ3n) is 4.11. The minimum absolute atomic E-state index is 0.00882. The molecule has 0 aromatic heterocycles. The van der Waals surface area contributed by atoms with Crippen LogP contribution in [0.25, 0.3) is 0 Å². The van der Waals surface area contributed by atoms with Crippen LogP contribution >= 0.6 is 0 Å². The zero-order valence-electron chi connectivity index (χ0n) is 14.5. The molecule has 0 unspecified atom stereocenters. The van der Waals surface area contributed by atoms with Crippen LogP contribution in [0.1, 0.15) is 39.2 Å². The van der Waals surface area contributed by atoms with Crippen LogP contribution in [-0.4, -0.2) is 41.1 Å². The number of amides is 1. The fraction of sp³-hybridized carbons (Fsp3) is 0.474. The molecule has 1 heterocycles. The van der Waals surface area contributed by atoms with E-state index in [9.17, 15) is 9.59 Å². The fourth-order valence-corrected chi connectivity index (χ4v) is 2.81. The van der Waals surface area contributed by atoms with E-state index in [1.54, 1.807) is 4.90 Å². The van der Waals surface area contributed by atoms with Gasteiger partial charge < -0.3 is 14.7 Å². The standard InChI is InChI=1S/C19H25NO4/c1-19(2,3)15-6-4-5-7-16(15)24-14-10-12-20(13-11-14)17(21)8-9-18(22)23/h4-9,14H,10-13H2,1-3H3,(H,22,23). The number of nitrogens with zero attached hydrogens (tertiary/aromatic N) is 1. The second kappa shape index (κ2) is 7.51. The number of carbonyl (C=O) groups is 2. The number of benzene rings is 1. The van der Waals surface area contributed by atoms with Crippen LogP contribution in [0.2, 0.25) is 0 Å². The van der Waals surface area contributed by atoms with E-state index in [1.165, 1.54) is 5.56 Å². The summed E-state index contributed by atoms with van der Waals surface area (Å²) in [7, 11) is 0. The van der Waals surface area contributed by atoms with Gasteiger partial charge in [0.25, 0.3) is 0 Å². The quantitative estimate of drug-likeness (QED) is 0.861. The van der Waals surface area contributed by atoms with E-state index in [0.29, 0.717) is 13.1 Å². The number of carboxylic acid groups (broad SMARTS) is 1. The Morgan fingerprint density at radius 1 is 1.17 bits per heavy atom. The average molecular weight is 331 g/mol. The summed E-state index contributed by atoms with van der Waals surface area (Å²) in [6, 6.07) is 8.07. The van der Waals surface area contributed by atoms with Crippen molar-refractivity contribution in [2.45, 2.75) is 45.1 Å². The topological polar surface area (TPSA) is 66.8 Å². The molecule has 1 amide bonds. The third kappa shape index (κ3) is 4.85. The van der Waals surface area contributed by atoms with Gasteiger partial charge in [-0.1, -0.05) is 39.0 Å². The molecule has 1 aliphatic rings. The van der Waals surface area contributed by atoms with Crippen LogP contribution in [0, 0.1) is 0 Å². The lowest BCUT2D eigenvalue weighted by atomic mass is 9.86. The van der Waals surface area contributed by atoms with Crippen LogP contribution in [0.5, 0.6) is 5.75 Å². The van der Waals surface area contributed by atoms with Crippen molar-refractivity contribution in [3.63, 3.8) is 0 Å². The van der Waals surface area contributed by atoms with Crippen LogP contribution in [0.4, 0.5) is 0 Å². The first-order valence-corrected chi connectivity index (χ1v) is 8.23. The zero-order chi connectivity index (χ0) is 17.7. The van der Waals surface area contributed by atoms with E-state index in [0.717, 1.165) is 30.7 Å². The van der Waals surface area contributed by atoms with Gasteiger partial charge in [-0.05, 0) is 17.0 Å². The molecule has 1 N–H and O–H groups in total. The summed E-state index contributed by atoms with van der Waals surface area (Å²) in [5.74, 6) is -0.466. The number of piperidine rings is 1. The number of rotatable bonds is 4. The molecule has 24 heavy (non-hydrogen) atoms. The number of hydrogen-bond donors (Lipinski definition) is 1. The lowest BCUT2D eigenvalue weighted by Crippen LogP contribution is -2.41. The van der Waals surface area contributed by atoms with Crippen molar-refractivity contribution in [3.8, 4) is 5.75 Å². The summed E-state index contributed by atoms with van der Waals surface area (Å²) < 4.78 is 6.19. The van der Waals surface area contributed by atoms with Gasteiger partial charge in [0.2, 0.25) is 5.91 Å². The predicted octanol–water partition coefficient (Wildman–Crippen LogP) is 2.99. The number of ether oxygens (including phenoxy) is 1. The molecule has 1 aromatic rings. The fourth-order valence-electron chi connectivity index (χ4n) is 2.81. The number of likely N-dealkylation sites (tertiary alicyclic amines) is 1. The molecule has 1 saturated heterocycles. The van der Waals surface area contributed by atoms with E-state index in [1.807, 2.05) is 18.2 Å². The Bertz CT molecular complexity index is 622. The van der Waals surface area contributed by atoms with Crippen LogP contribution < -0.4 is 4.74 Å². The maximum atomic E-state index is 11.9.